The van der Waals surface area contributed by atoms with Gasteiger partial charge in [-0.3, -0.25) is 4.79 Å². The van der Waals surface area contributed by atoms with Crippen molar-refractivity contribution >= 4 is 46.9 Å². The van der Waals surface area contributed by atoms with E-state index in [0.29, 0.717) is 16.5 Å². The average molecular weight is 402 g/mol. The minimum atomic E-state index is -0.459. The highest BCUT2D eigenvalue weighted by Crippen LogP contribution is 2.34. The lowest BCUT2D eigenvalue weighted by atomic mass is 10.2. The average Bonchev–Trinajstić information content (AvgIpc) is 3.04. The Labute approximate surface area is 158 Å². The van der Waals surface area contributed by atoms with Crippen LogP contribution in [-0.2, 0) is 4.79 Å². The molecule has 1 amide bonds. The molecule has 1 aliphatic rings. The maximum atomic E-state index is 11.8. The fraction of sp³-hybridized carbons (Fsp3) is 0.125. The quantitative estimate of drug-likeness (QED) is 0.469. The highest BCUT2D eigenvalue weighted by atomic mass is 35.5. The fourth-order valence-electron chi connectivity index (χ4n) is 1.96. The SMILES string of the molecule is O=C(COc1cc(Cl)c(Cl)cc1Cl)NN=Cc1ccc2c(c1)OCO2. The van der Waals surface area contributed by atoms with Crippen LogP contribution in [0, 0.1) is 0 Å². The maximum Gasteiger partial charge on any atom is 0.277 e. The summed E-state index contributed by atoms with van der Waals surface area (Å²) < 4.78 is 15.8. The molecule has 1 N–H and O–H groups in total. The Morgan fingerprint density at radius 2 is 1.88 bits per heavy atom. The van der Waals surface area contributed by atoms with Gasteiger partial charge in [0, 0.05) is 6.07 Å². The number of ether oxygens (including phenoxy) is 3. The summed E-state index contributed by atoms with van der Waals surface area (Å²) in [6, 6.07) is 8.19. The van der Waals surface area contributed by atoms with E-state index in [9.17, 15) is 4.79 Å². The molecule has 0 bridgehead atoms. The molecule has 0 aromatic heterocycles. The summed E-state index contributed by atoms with van der Waals surface area (Å²) >= 11 is 17.7. The molecule has 0 fully saturated rings. The van der Waals surface area contributed by atoms with Crippen LogP contribution in [0.15, 0.2) is 35.4 Å². The summed E-state index contributed by atoms with van der Waals surface area (Å²) in [5.74, 6) is 1.10. The number of amides is 1. The highest BCUT2D eigenvalue weighted by molar-refractivity contribution is 6.43. The van der Waals surface area contributed by atoms with Crippen LogP contribution >= 0.6 is 34.8 Å². The van der Waals surface area contributed by atoms with Crippen molar-refractivity contribution in [3.05, 3.63) is 51.0 Å². The summed E-state index contributed by atoms with van der Waals surface area (Å²) in [5.41, 5.74) is 3.09. The first-order chi connectivity index (χ1) is 12.0. The third-order valence-electron chi connectivity index (χ3n) is 3.13. The van der Waals surface area contributed by atoms with E-state index in [4.69, 9.17) is 49.0 Å². The third kappa shape index (κ3) is 4.48. The molecule has 0 spiro atoms. The number of rotatable bonds is 5. The van der Waals surface area contributed by atoms with E-state index in [1.54, 1.807) is 18.2 Å². The van der Waals surface area contributed by atoms with Crippen LogP contribution in [0.2, 0.25) is 15.1 Å². The van der Waals surface area contributed by atoms with Crippen molar-refractivity contribution in [3.63, 3.8) is 0 Å². The van der Waals surface area contributed by atoms with Crippen LogP contribution in [0.1, 0.15) is 5.56 Å². The molecule has 25 heavy (non-hydrogen) atoms. The molecule has 0 atom stereocenters. The van der Waals surface area contributed by atoms with Gasteiger partial charge in [-0.05, 0) is 29.8 Å². The summed E-state index contributed by atoms with van der Waals surface area (Å²) in [6.45, 7) is -0.0859. The van der Waals surface area contributed by atoms with Gasteiger partial charge in [-0.2, -0.15) is 5.10 Å². The molecule has 0 aliphatic carbocycles. The predicted octanol–water partition coefficient (Wildman–Crippen LogP) is 3.90. The first-order valence-corrected chi connectivity index (χ1v) is 8.15. The van der Waals surface area contributed by atoms with Gasteiger partial charge in [-0.1, -0.05) is 34.8 Å². The fourth-order valence-corrected chi connectivity index (χ4v) is 2.55. The van der Waals surface area contributed by atoms with E-state index in [-0.39, 0.29) is 29.2 Å². The van der Waals surface area contributed by atoms with Crippen molar-refractivity contribution in [2.75, 3.05) is 13.4 Å². The van der Waals surface area contributed by atoms with Crippen LogP contribution in [-0.4, -0.2) is 25.5 Å². The first kappa shape index (κ1) is 17.7. The van der Waals surface area contributed by atoms with E-state index < -0.39 is 5.91 Å². The lowest BCUT2D eigenvalue weighted by Crippen LogP contribution is -2.24. The van der Waals surface area contributed by atoms with Gasteiger partial charge in [-0.25, -0.2) is 5.43 Å². The van der Waals surface area contributed by atoms with Gasteiger partial charge in [-0.15, -0.1) is 0 Å². The number of benzene rings is 2. The van der Waals surface area contributed by atoms with Gasteiger partial charge in [0.15, 0.2) is 18.1 Å². The number of carbonyl (C=O) groups is 1. The van der Waals surface area contributed by atoms with Crippen LogP contribution < -0.4 is 19.6 Å². The summed E-state index contributed by atoms with van der Waals surface area (Å²) in [5, 5.41) is 4.69. The van der Waals surface area contributed by atoms with E-state index in [0.717, 1.165) is 5.56 Å². The normalized spacial score (nSPS) is 12.4. The molecule has 0 saturated heterocycles. The van der Waals surface area contributed by atoms with Gasteiger partial charge < -0.3 is 14.2 Å². The maximum absolute atomic E-state index is 11.8. The van der Waals surface area contributed by atoms with Crippen LogP contribution in [0.5, 0.6) is 17.2 Å². The monoisotopic (exact) mass is 400 g/mol. The molecule has 1 aliphatic heterocycles. The molecular weight excluding hydrogens is 391 g/mol. The third-order valence-corrected chi connectivity index (χ3v) is 4.15. The summed E-state index contributed by atoms with van der Waals surface area (Å²) in [4.78, 5) is 11.8. The van der Waals surface area contributed by atoms with Crippen molar-refractivity contribution < 1.29 is 19.0 Å². The molecule has 0 radical (unpaired) electrons. The van der Waals surface area contributed by atoms with Crippen molar-refractivity contribution in [1.82, 2.24) is 5.43 Å². The zero-order chi connectivity index (χ0) is 17.8. The molecule has 3 rings (SSSR count). The Hall–Kier alpha value is -2.15. The zero-order valence-corrected chi connectivity index (χ0v) is 14.9. The van der Waals surface area contributed by atoms with Gasteiger partial charge in [0.1, 0.15) is 5.75 Å². The second kappa shape index (κ2) is 7.82. The largest absolute Gasteiger partial charge is 0.482 e. The number of hydrogen-bond acceptors (Lipinski definition) is 5. The number of hydrogen-bond donors (Lipinski definition) is 1. The minimum Gasteiger partial charge on any atom is -0.482 e. The van der Waals surface area contributed by atoms with E-state index in [1.807, 2.05) is 0 Å². The Kier molecular flexibility index (Phi) is 5.53. The molecule has 1 heterocycles. The van der Waals surface area contributed by atoms with Crippen molar-refractivity contribution in [2.45, 2.75) is 0 Å². The lowest BCUT2D eigenvalue weighted by molar-refractivity contribution is -0.123. The second-order valence-corrected chi connectivity index (χ2v) is 6.11. The number of hydrazone groups is 1. The molecule has 9 heteroatoms. The Morgan fingerprint density at radius 3 is 2.72 bits per heavy atom. The first-order valence-electron chi connectivity index (χ1n) is 7.02. The number of fused-ring (bicyclic) bond motifs is 1. The van der Waals surface area contributed by atoms with E-state index >= 15 is 0 Å². The number of nitrogens with one attached hydrogen (secondary N) is 1. The van der Waals surface area contributed by atoms with Crippen molar-refractivity contribution in [3.8, 4) is 17.2 Å². The molecule has 2 aromatic rings. The second-order valence-electron chi connectivity index (χ2n) is 4.89. The number of carbonyl (C=O) groups excluding carboxylic acids is 1. The minimum absolute atomic E-state index is 0.196. The van der Waals surface area contributed by atoms with Gasteiger partial charge in [0.25, 0.3) is 5.91 Å². The van der Waals surface area contributed by atoms with Crippen LogP contribution in [0.3, 0.4) is 0 Å². The molecular formula is C16H11Cl3N2O4. The summed E-state index contributed by atoms with van der Waals surface area (Å²) in [7, 11) is 0. The number of nitrogens with zero attached hydrogens (tertiary/aromatic N) is 1. The van der Waals surface area contributed by atoms with Crippen LogP contribution in [0.4, 0.5) is 0 Å². The van der Waals surface area contributed by atoms with E-state index in [2.05, 4.69) is 10.5 Å². The smallest absolute Gasteiger partial charge is 0.277 e. The molecule has 130 valence electrons. The van der Waals surface area contributed by atoms with Gasteiger partial charge in [0.05, 0.1) is 21.3 Å². The van der Waals surface area contributed by atoms with Crippen molar-refractivity contribution in [1.29, 1.82) is 0 Å². The predicted molar refractivity (Wildman–Crippen MR) is 95.3 cm³/mol. The van der Waals surface area contributed by atoms with E-state index in [1.165, 1.54) is 18.3 Å². The van der Waals surface area contributed by atoms with Crippen molar-refractivity contribution in [2.24, 2.45) is 5.10 Å². The Balaban J connectivity index is 1.52. The molecule has 0 unspecified atom stereocenters. The Morgan fingerprint density at radius 1 is 1.12 bits per heavy atom. The summed E-state index contributed by atoms with van der Waals surface area (Å²) in [6.07, 6.45) is 1.48. The standard InChI is InChI=1S/C16H11Cl3N2O4/c17-10-4-12(19)14(5-11(10)18)23-7-16(22)21-20-6-9-1-2-13-15(3-9)25-8-24-13/h1-6H,7-8H2,(H,21,22). The molecule has 6 nitrogen and oxygen atoms in total. The molecule has 2 aromatic carbocycles. The number of halogens is 3. The highest BCUT2D eigenvalue weighted by Gasteiger charge is 2.12. The lowest BCUT2D eigenvalue weighted by Gasteiger charge is -2.08. The van der Waals surface area contributed by atoms with Crippen LogP contribution in [0.25, 0.3) is 0 Å². The Bertz CT molecular complexity index is 842. The van der Waals surface area contributed by atoms with Gasteiger partial charge >= 0.3 is 0 Å². The zero-order valence-electron chi connectivity index (χ0n) is 12.6. The topological polar surface area (TPSA) is 69.2 Å². The molecule has 0 saturated carbocycles. The van der Waals surface area contributed by atoms with Gasteiger partial charge in [0.2, 0.25) is 6.79 Å².